The first-order valence-corrected chi connectivity index (χ1v) is 11.2. The molecule has 7 nitrogen and oxygen atoms in total. The smallest absolute Gasteiger partial charge is 0.271 e. The fraction of sp³-hybridized carbons (Fsp3) is 0.238. The third kappa shape index (κ3) is 4.35. The van der Waals surface area contributed by atoms with E-state index in [0.29, 0.717) is 30.5 Å². The Morgan fingerprint density at radius 3 is 2.42 bits per heavy atom. The van der Waals surface area contributed by atoms with Crippen LogP contribution in [0.5, 0.6) is 0 Å². The molecule has 10 heteroatoms. The van der Waals surface area contributed by atoms with Crippen molar-refractivity contribution in [2.45, 2.75) is 11.3 Å². The van der Waals surface area contributed by atoms with Crippen LogP contribution >= 0.6 is 0 Å². The van der Waals surface area contributed by atoms with Crippen molar-refractivity contribution in [2.24, 2.45) is 0 Å². The Morgan fingerprint density at radius 1 is 0.871 bits per heavy atom. The van der Waals surface area contributed by atoms with Gasteiger partial charge < -0.3 is 4.90 Å². The summed E-state index contributed by atoms with van der Waals surface area (Å²) in [4.78, 5) is 13.5. The lowest BCUT2D eigenvalue weighted by molar-refractivity contribution is 0.427. The second-order valence-electron chi connectivity index (χ2n) is 7.10. The van der Waals surface area contributed by atoms with Crippen LogP contribution in [0, 0.1) is 11.6 Å². The van der Waals surface area contributed by atoms with Gasteiger partial charge >= 0.3 is 0 Å². The zero-order chi connectivity index (χ0) is 22.0. The van der Waals surface area contributed by atoms with Gasteiger partial charge in [-0.05, 0) is 42.8 Å². The molecule has 2 heterocycles. The molecule has 0 radical (unpaired) electrons. The van der Waals surface area contributed by atoms with Gasteiger partial charge in [0.05, 0.1) is 5.69 Å². The lowest BCUT2D eigenvalue weighted by atomic mass is 10.3. The van der Waals surface area contributed by atoms with E-state index in [4.69, 9.17) is 0 Å². The first-order valence-electron chi connectivity index (χ1n) is 9.72. The number of nitrogens with zero attached hydrogens (tertiary/aromatic N) is 4. The van der Waals surface area contributed by atoms with E-state index in [9.17, 15) is 22.0 Å². The highest BCUT2D eigenvalue weighted by Crippen LogP contribution is 2.23. The summed E-state index contributed by atoms with van der Waals surface area (Å²) in [6.07, 6.45) is 0.461. The summed E-state index contributed by atoms with van der Waals surface area (Å²) >= 11 is 0. The fourth-order valence-electron chi connectivity index (χ4n) is 3.50. The second kappa shape index (κ2) is 8.56. The number of aromatic nitrogens is 2. The van der Waals surface area contributed by atoms with Gasteiger partial charge in [-0.15, -0.1) is 5.10 Å². The molecule has 0 saturated carbocycles. The Hall–Kier alpha value is -3.11. The zero-order valence-corrected chi connectivity index (χ0v) is 17.3. The van der Waals surface area contributed by atoms with Crippen molar-refractivity contribution >= 4 is 15.8 Å². The average molecular weight is 446 g/mol. The molecule has 1 aliphatic rings. The van der Waals surface area contributed by atoms with Crippen LogP contribution < -0.4 is 10.5 Å². The van der Waals surface area contributed by atoms with Gasteiger partial charge in [-0.2, -0.15) is 8.99 Å². The van der Waals surface area contributed by atoms with Gasteiger partial charge in [0.2, 0.25) is 10.0 Å². The van der Waals surface area contributed by atoms with Crippen LogP contribution in [0.25, 0.3) is 5.69 Å². The Kier molecular flexibility index (Phi) is 5.84. The van der Waals surface area contributed by atoms with E-state index >= 15 is 0 Å². The maximum Gasteiger partial charge on any atom is 0.271 e. The minimum absolute atomic E-state index is 0.0738. The predicted molar refractivity (Wildman–Crippen MR) is 112 cm³/mol. The van der Waals surface area contributed by atoms with Gasteiger partial charge in [0.25, 0.3) is 5.56 Å². The lowest BCUT2D eigenvalue weighted by Crippen LogP contribution is -2.36. The fourth-order valence-corrected chi connectivity index (χ4v) is 5.05. The Labute approximate surface area is 178 Å². The molecule has 2 aromatic carbocycles. The van der Waals surface area contributed by atoms with Crippen LogP contribution in [-0.2, 0) is 10.0 Å². The Balaban J connectivity index is 1.58. The first kappa shape index (κ1) is 21.1. The van der Waals surface area contributed by atoms with Gasteiger partial charge in [-0.3, -0.25) is 4.79 Å². The Bertz CT molecular complexity index is 1250. The van der Waals surface area contributed by atoms with E-state index < -0.39 is 26.6 Å². The molecule has 0 unspecified atom stereocenters. The van der Waals surface area contributed by atoms with Crippen molar-refractivity contribution < 1.29 is 17.2 Å². The molecule has 0 atom stereocenters. The van der Waals surface area contributed by atoms with E-state index in [1.807, 2.05) is 11.0 Å². The largest absolute Gasteiger partial charge is 0.354 e. The monoisotopic (exact) mass is 446 g/mol. The molecule has 3 aromatic rings. The van der Waals surface area contributed by atoms with Gasteiger partial charge in [0.1, 0.15) is 22.3 Å². The zero-order valence-electron chi connectivity index (χ0n) is 16.5. The number of benzene rings is 2. The van der Waals surface area contributed by atoms with E-state index in [1.165, 1.54) is 10.7 Å². The normalized spacial score (nSPS) is 15.6. The summed E-state index contributed by atoms with van der Waals surface area (Å²) in [5, 5.41) is 4.43. The summed E-state index contributed by atoms with van der Waals surface area (Å²) in [6.45, 7) is 1.02. The second-order valence-corrected chi connectivity index (χ2v) is 9.00. The highest BCUT2D eigenvalue weighted by molar-refractivity contribution is 7.89. The minimum Gasteiger partial charge on any atom is -0.354 e. The standard InChI is InChI=1S/C21H20F2N4O3S/c22-16-7-8-18(23)19(15-16)31(29,30)26-12-4-11-25(13-14-26)20-9-10-21(28)27(24-20)17-5-2-1-3-6-17/h1-3,5-10,15H,4,11-14H2. The summed E-state index contributed by atoms with van der Waals surface area (Å²) < 4.78 is 55.8. The summed E-state index contributed by atoms with van der Waals surface area (Å²) in [7, 11) is -4.19. The first-order chi connectivity index (χ1) is 14.9. The van der Waals surface area contributed by atoms with E-state index in [1.54, 1.807) is 30.3 Å². The quantitative estimate of drug-likeness (QED) is 0.615. The molecule has 1 aliphatic heterocycles. The molecule has 0 aliphatic carbocycles. The van der Waals surface area contributed by atoms with Crippen molar-refractivity contribution in [3.05, 3.63) is 82.7 Å². The van der Waals surface area contributed by atoms with Crippen LogP contribution in [0.15, 0.2) is 70.4 Å². The van der Waals surface area contributed by atoms with Crippen molar-refractivity contribution in [3.63, 3.8) is 0 Å². The van der Waals surface area contributed by atoms with Gasteiger partial charge in [0, 0.05) is 32.2 Å². The summed E-state index contributed by atoms with van der Waals surface area (Å²) in [5.41, 5.74) is 0.338. The molecular weight excluding hydrogens is 426 g/mol. The molecule has 1 fully saturated rings. The van der Waals surface area contributed by atoms with Crippen LogP contribution in [0.2, 0.25) is 0 Å². The molecule has 162 valence electrons. The lowest BCUT2D eigenvalue weighted by Gasteiger charge is -2.23. The van der Waals surface area contributed by atoms with Gasteiger partial charge in [-0.25, -0.2) is 17.2 Å². The Morgan fingerprint density at radius 2 is 1.65 bits per heavy atom. The third-order valence-electron chi connectivity index (χ3n) is 5.08. The number of rotatable bonds is 4. The van der Waals surface area contributed by atoms with Crippen molar-refractivity contribution in [2.75, 3.05) is 31.1 Å². The number of hydrogen-bond acceptors (Lipinski definition) is 5. The molecule has 0 N–H and O–H groups in total. The number of anilines is 1. The molecule has 1 saturated heterocycles. The molecule has 31 heavy (non-hydrogen) atoms. The number of halogens is 2. The maximum absolute atomic E-state index is 14.1. The predicted octanol–water partition coefficient (Wildman–Crippen LogP) is 2.41. The summed E-state index contributed by atoms with van der Waals surface area (Å²) in [5.74, 6) is -1.28. The maximum atomic E-state index is 14.1. The minimum atomic E-state index is -4.19. The molecule has 0 spiro atoms. The third-order valence-corrected chi connectivity index (χ3v) is 6.99. The van der Waals surface area contributed by atoms with Gasteiger partial charge in [-0.1, -0.05) is 18.2 Å². The topological polar surface area (TPSA) is 75.5 Å². The number of hydrogen-bond donors (Lipinski definition) is 0. The van der Waals surface area contributed by atoms with Gasteiger partial charge in [0.15, 0.2) is 0 Å². The molecular formula is C21H20F2N4O3S. The molecule has 4 rings (SSSR count). The highest BCUT2D eigenvalue weighted by Gasteiger charge is 2.30. The van der Waals surface area contributed by atoms with Crippen LogP contribution in [-0.4, -0.2) is 48.7 Å². The molecule has 0 bridgehead atoms. The number of sulfonamides is 1. The van der Waals surface area contributed by atoms with Crippen molar-refractivity contribution in [3.8, 4) is 5.69 Å². The van der Waals surface area contributed by atoms with E-state index in [-0.39, 0.29) is 25.2 Å². The van der Waals surface area contributed by atoms with E-state index in [2.05, 4.69) is 5.10 Å². The number of para-hydroxylation sites is 1. The molecule has 1 aromatic heterocycles. The van der Waals surface area contributed by atoms with Crippen molar-refractivity contribution in [1.82, 2.24) is 14.1 Å². The average Bonchev–Trinajstić information content (AvgIpc) is 3.03. The SMILES string of the molecule is O=c1ccc(N2CCCN(S(=O)(=O)c3cc(F)ccc3F)CC2)nn1-c1ccccc1. The van der Waals surface area contributed by atoms with Crippen molar-refractivity contribution in [1.29, 1.82) is 0 Å². The van der Waals surface area contributed by atoms with E-state index in [0.717, 1.165) is 16.4 Å². The van der Waals surface area contributed by atoms with Crippen LogP contribution in [0.1, 0.15) is 6.42 Å². The van der Waals surface area contributed by atoms with Crippen LogP contribution in [0.3, 0.4) is 0 Å². The highest BCUT2D eigenvalue weighted by atomic mass is 32.2. The molecule has 0 amide bonds. The summed E-state index contributed by atoms with van der Waals surface area (Å²) in [6, 6.07) is 14.4. The van der Waals surface area contributed by atoms with Crippen LogP contribution in [0.4, 0.5) is 14.6 Å².